The Morgan fingerprint density at radius 3 is 2.19 bits per heavy atom. The van der Waals surface area contributed by atoms with Gasteiger partial charge in [0.15, 0.2) is 0 Å². The lowest BCUT2D eigenvalue weighted by atomic mass is 10.1. The summed E-state index contributed by atoms with van der Waals surface area (Å²) >= 11 is 0. The van der Waals surface area contributed by atoms with Gasteiger partial charge in [-0.05, 0) is 5.92 Å². The van der Waals surface area contributed by atoms with Crippen LogP contribution in [0.2, 0.25) is 0 Å². The molecule has 16 heavy (non-hydrogen) atoms. The van der Waals surface area contributed by atoms with Crippen LogP contribution in [0.5, 0.6) is 0 Å². The molecule has 0 radical (unpaired) electrons. The van der Waals surface area contributed by atoms with E-state index in [1.54, 1.807) is 13.8 Å². The van der Waals surface area contributed by atoms with Crippen molar-refractivity contribution in [3.8, 4) is 0 Å². The molecule has 0 spiro atoms. The van der Waals surface area contributed by atoms with E-state index >= 15 is 0 Å². The van der Waals surface area contributed by atoms with Crippen LogP contribution >= 0.6 is 0 Å². The maximum atomic E-state index is 11.9. The van der Waals surface area contributed by atoms with E-state index in [0.717, 1.165) is 0 Å². The van der Waals surface area contributed by atoms with E-state index in [9.17, 15) is 8.42 Å². The number of nitrogens with two attached hydrogens (primary N) is 1. The highest BCUT2D eigenvalue weighted by atomic mass is 32.2. The number of sulfonamides is 1. The van der Waals surface area contributed by atoms with Crippen LogP contribution in [0, 0.1) is 17.2 Å². The number of hydrogen-bond donors (Lipinski definition) is 2. The van der Waals surface area contributed by atoms with E-state index in [4.69, 9.17) is 11.1 Å². The van der Waals surface area contributed by atoms with Gasteiger partial charge in [0.1, 0.15) is 0 Å². The van der Waals surface area contributed by atoms with Crippen LogP contribution in [-0.2, 0) is 10.0 Å². The summed E-state index contributed by atoms with van der Waals surface area (Å²) in [6.07, 6.45) is 0. The average molecular weight is 249 g/mol. The zero-order valence-corrected chi connectivity index (χ0v) is 11.3. The maximum Gasteiger partial charge on any atom is 0.214 e. The molecular formula is C10H23N3O2S. The van der Waals surface area contributed by atoms with Crippen LogP contribution in [0.4, 0.5) is 0 Å². The van der Waals surface area contributed by atoms with Gasteiger partial charge in [-0.25, -0.2) is 12.7 Å². The normalized spacial score (nSPS) is 14.4. The summed E-state index contributed by atoms with van der Waals surface area (Å²) in [5, 5.41) is 7.27. The Bertz CT molecular complexity index is 325. The molecular weight excluding hydrogens is 226 g/mol. The summed E-state index contributed by atoms with van der Waals surface area (Å²) < 4.78 is 25.3. The molecule has 0 aliphatic rings. The van der Waals surface area contributed by atoms with Crippen molar-refractivity contribution < 1.29 is 8.42 Å². The average Bonchev–Trinajstić information content (AvgIpc) is 2.10. The Morgan fingerprint density at radius 1 is 1.38 bits per heavy atom. The minimum Gasteiger partial charge on any atom is -0.387 e. The minimum atomic E-state index is -3.22. The lowest BCUT2D eigenvalue weighted by Crippen LogP contribution is -2.40. The minimum absolute atomic E-state index is 0.0261. The lowest BCUT2D eigenvalue weighted by Gasteiger charge is -2.24. The third-order valence-electron chi connectivity index (χ3n) is 2.30. The molecule has 0 aromatic carbocycles. The van der Waals surface area contributed by atoms with Gasteiger partial charge in [-0.1, -0.05) is 27.7 Å². The van der Waals surface area contributed by atoms with Crippen molar-refractivity contribution in [3.05, 3.63) is 0 Å². The maximum absolute atomic E-state index is 11.9. The van der Waals surface area contributed by atoms with E-state index in [0.29, 0.717) is 13.1 Å². The molecule has 0 bridgehead atoms. The smallest absolute Gasteiger partial charge is 0.214 e. The molecule has 0 aromatic heterocycles. The van der Waals surface area contributed by atoms with Crippen LogP contribution in [-0.4, -0.2) is 37.4 Å². The van der Waals surface area contributed by atoms with Crippen molar-refractivity contribution >= 4 is 15.9 Å². The molecule has 0 rings (SSSR count). The largest absolute Gasteiger partial charge is 0.387 e. The first kappa shape index (κ1) is 15.4. The van der Waals surface area contributed by atoms with Gasteiger partial charge >= 0.3 is 0 Å². The van der Waals surface area contributed by atoms with E-state index in [1.165, 1.54) is 4.31 Å². The highest BCUT2D eigenvalue weighted by Crippen LogP contribution is 2.10. The fourth-order valence-corrected chi connectivity index (χ4v) is 3.27. The Hall–Kier alpha value is -0.620. The van der Waals surface area contributed by atoms with E-state index in [-0.39, 0.29) is 23.4 Å². The quantitative estimate of drug-likeness (QED) is 0.518. The van der Waals surface area contributed by atoms with Gasteiger partial charge in [-0.15, -0.1) is 0 Å². The van der Waals surface area contributed by atoms with Crippen LogP contribution < -0.4 is 5.73 Å². The number of rotatable bonds is 7. The second kappa shape index (κ2) is 6.20. The zero-order valence-electron chi connectivity index (χ0n) is 10.5. The topological polar surface area (TPSA) is 87.2 Å². The van der Waals surface area contributed by atoms with Gasteiger partial charge in [-0.3, -0.25) is 5.41 Å². The van der Waals surface area contributed by atoms with Crippen molar-refractivity contribution in [1.82, 2.24) is 4.31 Å². The summed E-state index contributed by atoms with van der Waals surface area (Å²) in [6, 6.07) is 0. The Kier molecular flexibility index (Phi) is 5.96. The fourth-order valence-electron chi connectivity index (χ4n) is 1.37. The van der Waals surface area contributed by atoms with Gasteiger partial charge in [0.05, 0.1) is 11.6 Å². The van der Waals surface area contributed by atoms with E-state index < -0.39 is 10.0 Å². The van der Waals surface area contributed by atoms with Crippen molar-refractivity contribution in [1.29, 1.82) is 5.41 Å². The highest BCUT2D eigenvalue weighted by Gasteiger charge is 2.24. The third-order valence-corrected chi connectivity index (χ3v) is 4.58. The molecule has 0 aromatic rings. The number of hydrogen-bond acceptors (Lipinski definition) is 3. The molecule has 3 N–H and O–H groups in total. The SMILES string of the molecule is CCN(CC(C)C(=N)N)S(=O)(=O)CC(C)C. The van der Waals surface area contributed by atoms with Crippen molar-refractivity contribution in [3.63, 3.8) is 0 Å². The first-order valence-electron chi connectivity index (χ1n) is 5.52. The summed E-state index contributed by atoms with van der Waals surface area (Å²) in [4.78, 5) is 0. The molecule has 5 nitrogen and oxygen atoms in total. The van der Waals surface area contributed by atoms with E-state index in [2.05, 4.69) is 0 Å². The predicted molar refractivity (Wildman–Crippen MR) is 66.9 cm³/mol. The molecule has 0 fully saturated rings. The van der Waals surface area contributed by atoms with Crippen LogP contribution in [0.25, 0.3) is 0 Å². The number of nitrogens with zero attached hydrogens (tertiary/aromatic N) is 1. The zero-order chi connectivity index (χ0) is 12.9. The molecule has 1 atom stereocenters. The van der Waals surface area contributed by atoms with Gasteiger partial charge < -0.3 is 5.73 Å². The Labute approximate surface area is 98.6 Å². The molecule has 0 aliphatic carbocycles. The van der Waals surface area contributed by atoms with Gasteiger partial charge in [0, 0.05) is 19.0 Å². The van der Waals surface area contributed by atoms with Crippen molar-refractivity contribution in [2.45, 2.75) is 27.7 Å². The van der Waals surface area contributed by atoms with E-state index in [1.807, 2.05) is 13.8 Å². The van der Waals surface area contributed by atoms with Crippen molar-refractivity contribution in [2.24, 2.45) is 17.6 Å². The van der Waals surface area contributed by atoms with Crippen molar-refractivity contribution in [2.75, 3.05) is 18.8 Å². The monoisotopic (exact) mass is 249 g/mol. The van der Waals surface area contributed by atoms with Gasteiger partial charge in [-0.2, -0.15) is 0 Å². The first-order valence-corrected chi connectivity index (χ1v) is 7.13. The summed E-state index contributed by atoms with van der Waals surface area (Å²) in [6.45, 7) is 8.02. The summed E-state index contributed by atoms with van der Waals surface area (Å²) in [5.41, 5.74) is 5.35. The molecule has 0 aliphatic heterocycles. The Morgan fingerprint density at radius 2 is 1.88 bits per heavy atom. The molecule has 0 heterocycles. The van der Waals surface area contributed by atoms with Crippen LogP contribution in [0.1, 0.15) is 27.7 Å². The lowest BCUT2D eigenvalue weighted by molar-refractivity contribution is 0.400. The molecule has 0 saturated heterocycles. The van der Waals surface area contributed by atoms with Gasteiger partial charge in [0.25, 0.3) is 0 Å². The standard InChI is InChI=1S/C10H23N3O2S/c1-5-13(6-9(4)10(11)12)16(14,15)7-8(2)3/h8-9H,5-7H2,1-4H3,(H3,11,12). The molecule has 6 heteroatoms. The molecule has 96 valence electrons. The predicted octanol–water partition coefficient (Wildman–Crippen LogP) is 0.866. The van der Waals surface area contributed by atoms with Crippen LogP contribution in [0.3, 0.4) is 0 Å². The molecule has 0 saturated carbocycles. The summed E-state index contributed by atoms with van der Waals surface area (Å²) in [5.74, 6) is 0.0395. The second-order valence-corrected chi connectivity index (χ2v) is 6.49. The third kappa shape index (κ3) is 4.94. The first-order chi connectivity index (χ1) is 7.20. The number of nitrogens with one attached hydrogen (secondary N) is 1. The Balaban J connectivity index is 4.67. The fraction of sp³-hybridized carbons (Fsp3) is 0.900. The van der Waals surface area contributed by atoms with Gasteiger partial charge in [0.2, 0.25) is 10.0 Å². The van der Waals surface area contributed by atoms with Crippen LogP contribution in [0.15, 0.2) is 0 Å². The molecule has 0 amide bonds. The highest BCUT2D eigenvalue weighted by molar-refractivity contribution is 7.89. The second-order valence-electron chi connectivity index (χ2n) is 4.48. The molecule has 1 unspecified atom stereocenters. The summed E-state index contributed by atoms with van der Waals surface area (Å²) in [7, 11) is -3.22. The number of amidine groups is 1.